The SMILES string of the molecule is O=C(O)c1ccc(Cn2c(SCc3nc4ccccc4[nH]3)nc3ccsc3c2=O)cc1. The number of benzene rings is 2. The van der Waals surface area contributed by atoms with Crippen LogP contribution in [0, 0.1) is 0 Å². The summed E-state index contributed by atoms with van der Waals surface area (Å²) in [6.45, 7) is 0.308. The molecule has 5 rings (SSSR count). The van der Waals surface area contributed by atoms with Gasteiger partial charge in [-0.15, -0.1) is 11.3 Å². The molecule has 154 valence electrons. The molecule has 0 unspecified atom stereocenters. The zero-order valence-electron chi connectivity index (χ0n) is 16.1. The summed E-state index contributed by atoms with van der Waals surface area (Å²) in [7, 11) is 0. The zero-order chi connectivity index (χ0) is 21.4. The molecule has 0 bridgehead atoms. The number of aromatic nitrogens is 4. The van der Waals surface area contributed by atoms with Crippen molar-refractivity contribution in [1.29, 1.82) is 0 Å². The monoisotopic (exact) mass is 448 g/mol. The molecule has 7 nitrogen and oxygen atoms in total. The number of nitrogens with zero attached hydrogens (tertiary/aromatic N) is 3. The van der Waals surface area contributed by atoms with E-state index in [1.54, 1.807) is 28.8 Å². The average molecular weight is 449 g/mol. The summed E-state index contributed by atoms with van der Waals surface area (Å²) < 4.78 is 2.25. The number of rotatable bonds is 6. The molecule has 0 aliphatic heterocycles. The van der Waals surface area contributed by atoms with E-state index in [0.717, 1.165) is 22.4 Å². The highest BCUT2D eigenvalue weighted by molar-refractivity contribution is 7.98. The number of carboxylic acids is 1. The van der Waals surface area contributed by atoms with Gasteiger partial charge in [-0.3, -0.25) is 9.36 Å². The van der Waals surface area contributed by atoms with Crippen LogP contribution in [0.1, 0.15) is 21.7 Å². The minimum atomic E-state index is -0.979. The number of para-hydroxylation sites is 2. The highest BCUT2D eigenvalue weighted by Crippen LogP contribution is 2.25. The van der Waals surface area contributed by atoms with Crippen LogP contribution in [0.4, 0.5) is 0 Å². The molecule has 9 heteroatoms. The van der Waals surface area contributed by atoms with Crippen LogP contribution in [-0.2, 0) is 12.3 Å². The third kappa shape index (κ3) is 3.85. The number of aromatic amines is 1. The fourth-order valence-electron chi connectivity index (χ4n) is 3.32. The molecule has 31 heavy (non-hydrogen) atoms. The van der Waals surface area contributed by atoms with Crippen molar-refractivity contribution in [3.8, 4) is 0 Å². The molecule has 2 N–H and O–H groups in total. The van der Waals surface area contributed by atoms with Crippen LogP contribution in [0.3, 0.4) is 0 Å². The van der Waals surface area contributed by atoms with Crippen LogP contribution in [0.5, 0.6) is 0 Å². The number of nitrogens with one attached hydrogen (secondary N) is 1. The van der Waals surface area contributed by atoms with Gasteiger partial charge in [0.25, 0.3) is 5.56 Å². The average Bonchev–Trinajstić information content (AvgIpc) is 3.41. The maximum atomic E-state index is 13.1. The van der Waals surface area contributed by atoms with Gasteiger partial charge < -0.3 is 10.1 Å². The van der Waals surface area contributed by atoms with E-state index in [-0.39, 0.29) is 11.1 Å². The van der Waals surface area contributed by atoms with Gasteiger partial charge in [-0.1, -0.05) is 36.0 Å². The quantitative estimate of drug-likeness (QED) is 0.295. The van der Waals surface area contributed by atoms with Gasteiger partial charge in [0.1, 0.15) is 10.5 Å². The van der Waals surface area contributed by atoms with E-state index in [1.807, 2.05) is 35.7 Å². The molecular weight excluding hydrogens is 432 g/mol. The smallest absolute Gasteiger partial charge is 0.335 e. The number of aromatic carboxylic acids is 1. The van der Waals surface area contributed by atoms with E-state index in [4.69, 9.17) is 10.1 Å². The van der Waals surface area contributed by atoms with Crippen LogP contribution in [0.2, 0.25) is 0 Å². The molecule has 0 radical (unpaired) electrons. The molecule has 0 atom stereocenters. The lowest BCUT2D eigenvalue weighted by Gasteiger charge is -2.12. The highest BCUT2D eigenvalue weighted by Gasteiger charge is 2.15. The van der Waals surface area contributed by atoms with E-state index in [2.05, 4.69) is 9.97 Å². The summed E-state index contributed by atoms with van der Waals surface area (Å²) in [4.78, 5) is 36.9. The Morgan fingerprint density at radius 2 is 1.87 bits per heavy atom. The highest BCUT2D eigenvalue weighted by atomic mass is 32.2. The number of carboxylic acid groups (broad SMARTS) is 1. The third-order valence-electron chi connectivity index (χ3n) is 4.85. The first kappa shape index (κ1) is 19.5. The van der Waals surface area contributed by atoms with Gasteiger partial charge in [0, 0.05) is 0 Å². The van der Waals surface area contributed by atoms with Crippen molar-refractivity contribution in [2.45, 2.75) is 17.5 Å². The van der Waals surface area contributed by atoms with Crippen molar-refractivity contribution < 1.29 is 9.90 Å². The van der Waals surface area contributed by atoms with Crippen LogP contribution in [-0.4, -0.2) is 30.6 Å². The number of hydrogen-bond acceptors (Lipinski definition) is 6. The van der Waals surface area contributed by atoms with Crippen LogP contribution in [0.15, 0.2) is 69.9 Å². The van der Waals surface area contributed by atoms with E-state index in [9.17, 15) is 9.59 Å². The van der Waals surface area contributed by atoms with Gasteiger partial charge in [-0.25, -0.2) is 14.8 Å². The lowest BCUT2D eigenvalue weighted by molar-refractivity contribution is 0.0697. The normalized spacial score (nSPS) is 11.4. The molecule has 0 saturated carbocycles. The Balaban J connectivity index is 1.48. The predicted molar refractivity (Wildman–Crippen MR) is 122 cm³/mol. The molecule has 5 aromatic rings. The summed E-state index contributed by atoms with van der Waals surface area (Å²) in [6.07, 6.45) is 0. The first-order chi connectivity index (χ1) is 15.1. The summed E-state index contributed by atoms with van der Waals surface area (Å²) in [5, 5.41) is 11.6. The Hall–Kier alpha value is -3.43. The molecule has 2 aromatic carbocycles. The Morgan fingerprint density at radius 3 is 2.65 bits per heavy atom. The van der Waals surface area contributed by atoms with Gasteiger partial charge in [-0.2, -0.15) is 0 Å². The number of carbonyl (C=O) groups is 1. The summed E-state index contributed by atoms with van der Waals surface area (Å²) in [6, 6.07) is 16.2. The number of thiophene rings is 1. The van der Waals surface area contributed by atoms with Crippen molar-refractivity contribution in [1.82, 2.24) is 19.5 Å². The zero-order valence-corrected chi connectivity index (χ0v) is 17.7. The molecule has 0 aliphatic carbocycles. The largest absolute Gasteiger partial charge is 0.478 e. The number of imidazole rings is 1. The maximum Gasteiger partial charge on any atom is 0.335 e. The lowest BCUT2D eigenvalue weighted by Crippen LogP contribution is -2.23. The van der Waals surface area contributed by atoms with E-state index < -0.39 is 5.97 Å². The molecule has 3 heterocycles. The number of thioether (sulfide) groups is 1. The predicted octanol–water partition coefficient (Wildman–Crippen LogP) is 4.37. The number of fused-ring (bicyclic) bond motifs is 2. The molecule has 0 amide bonds. The van der Waals surface area contributed by atoms with Gasteiger partial charge in [0.15, 0.2) is 5.16 Å². The maximum absolute atomic E-state index is 13.1. The second-order valence-corrected chi connectivity index (χ2v) is 8.77. The fourth-order valence-corrected chi connectivity index (χ4v) is 4.96. The summed E-state index contributed by atoms with van der Waals surface area (Å²) >= 11 is 2.81. The van der Waals surface area contributed by atoms with Crippen molar-refractivity contribution in [3.63, 3.8) is 0 Å². The second kappa shape index (κ2) is 8.01. The lowest BCUT2D eigenvalue weighted by atomic mass is 10.1. The van der Waals surface area contributed by atoms with Crippen molar-refractivity contribution >= 4 is 50.3 Å². The molecule has 0 spiro atoms. The minimum absolute atomic E-state index is 0.102. The Labute approximate surface area is 184 Å². The Kier molecular flexibility index (Phi) is 5.05. The third-order valence-corrected chi connectivity index (χ3v) is 6.73. The van der Waals surface area contributed by atoms with Gasteiger partial charge in [0.2, 0.25) is 0 Å². The van der Waals surface area contributed by atoms with E-state index in [0.29, 0.717) is 27.7 Å². The molecule has 0 saturated heterocycles. The Bertz CT molecular complexity index is 1430. The van der Waals surface area contributed by atoms with Crippen LogP contribution < -0.4 is 5.56 Å². The van der Waals surface area contributed by atoms with Gasteiger partial charge in [-0.05, 0) is 41.3 Å². The van der Waals surface area contributed by atoms with Crippen LogP contribution >= 0.6 is 23.1 Å². The molecule has 0 fully saturated rings. The second-order valence-electron chi connectivity index (χ2n) is 6.91. The van der Waals surface area contributed by atoms with Crippen molar-refractivity contribution in [2.75, 3.05) is 0 Å². The van der Waals surface area contributed by atoms with Crippen LogP contribution in [0.25, 0.3) is 21.3 Å². The van der Waals surface area contributed by atoms with Crippen molar-refractivity contribution in [2.24, 2.45) is 0 Å². The van der Waals surface area contributed by atoms with Crippen molar-refractivity contribution in [3.05, 3.63) is 87.3 Å². The molecule has 0 aliphatic rings. The Morgan fingerprint density at radius 1 is 1.06 bits per heavy atom. The molecule has 3 aromatic heterocycles. The minimum Gasteiger partial charge on any atom is -0.478 e. The first-order valence-electron chi connectivity index (χ1n) is 9.45. The van der Waals surface area contributed by atoms with Gasteiger partial charge >= 0.3 is 5.97 Å². The van der Waals surface area contributed by atoms with E-state index >= 15 is 0 Å². The first-order valence-corrected chi connectivity index (χ1v) is 11.3. The molecular formula is C22H16N4O3S2. The summed E-state index contributed by atoms with van der Waals surface area (Å²) in [5.74, 6) is 0.366. The standard InChI is InChI=1S/C22H16N4O3S2/c27-20-19-17(9-10-30-19)25-22(26(20)11-13-5-7-14(8-6-13)21(28)29)31-12-18-23-15-3-1-2-4-16(15)24-18/h1-10H,11-12H2,(H,23,24)(H,28,29). The summed E-state index contributed by atoms with van der Waals surface area (Å²) in [5.41, 5.74) is 3.48. The van der Waals surface area contributed by atoms with E-state index in [1.165, 1.54) is 23.1 Å². The topological polar surface area (TPSA) is 101 Å². The fraction of sp³-hybridized carbons (Fsp3) is 0.0909. The number of H-pyrrole nitrogens is 1. The van der Waals surface area contributed by atoms with Gasteiger partial charge in [0.05, 0.1) is 34.4 Å². The number of hydrogen-bond donors (Lipinski definition) is 2.